The third-order valence-electron chi connectivity index (χ3n) is 6.15. The maximum absolute atomic E-state index is 13.6. The van der Waals surface area contributed by atoms with Gasteiger partial charge >= 0.3 is 69.8 Å². The van der Waals surface area contributed by atoms with E-state index in [9.17, 15) is 43.1 Å². The zero-order valence-electron chi connectivity index (χ0n) is 29.4. The molecule has 0 rings (SSSR count). The van der Waals surface area contributed by atoms with Crippen molar-refractivity contribution in [3.05, 3.63) is 0 Å². The van der Waals surface area contributed by atoms with E-state index in [1.165, 1.54) is 0 Å². The van der Waals surface area contributed by atoms with Gasteiger partial charge in [0.2, 0.25) is 0 Å². The first-order valence-corrected chi connectivity index (χ1v) is 23.9. The molecule has 0 aromatic carbocycles. The predicted molar refractivity (Wildman–Crippen MR) is 175 cm³/mol. The fraction of sp³-hybridized carbons (Fsp3) is 0.962. The summed E-state index contributed by atoms with van der Waals surface area (Å²) in [6.45, 7) is 6.15. The second-order valence-corrected chi connectivity index (χ2v) is 17.4. The van der Waals surface area contributed by atoms with Gasteiger partial charge in [0, 0.05) is 0 Å². The maximum atomic E-state index is 13.6. The molecule has 0 saturated carbocycles. The number of rotatable bonds is 33. The third kappa shape index (κ3) is 27.9. The van der Waals surface area contributed by atoms with E-state index in [1.807, 2.05) is 27.7 Å². The molecule has 0 fully saturated rings. The number of carboxylic acid groups (broad SMARTS) is 1. The fourth-order valence-corrected chi connectivity index (χ4v) is 9.13. The van der Waals surface area contributed by atoms with E-state index in [0.29, 0.717) is 38.5 Å². The SMILES string of the molecule is CCCCCCOP(=O)(O)OP(=O)(OCCCCCC)OC(O)(OP(=O)(OCCCCCC)OP(=O)(O)OCCCCCC)C(=O)O.[O]=[Ti][OH]. The van der Waals surface area contributed by atoms with Crippen LogP contribution in [0.5, 0.6) is 0 Å². The van der Waals surface area contributed by atoms with Gasteiger partial charge in [0.15, 0.2) is 0 Å². The van der Waals surface area contributed by atoms with Crippen molar-refractivity contribution in [3.63, 3.8) is 0 Å². The summed E-state index contributed by atoms with van der Waals surface area (Å²) in [4.78, 5) is 32.6. The van der Waals surface area contributed by atoms with Gasteiger partial charge in [-0.1, -0.05) is 105 Å². The Morgan fingerprint density at radius 3 is 1.06 bits per heavy atom. The monoisotopic (exact) mass is 845 g/mol. The molecule has 0 aliphatic carbocycles. The minimum atomic E-state index is -5.62. The second-order valence-electron chi connectivity index (χ2n) is 10.7. The molecule has 0 bridgehead atoms. The van der Waals surface area contributed by atoms with Crippen molar-refractivity contribution >= 4 is 37.3 Å². The van der Waals surface area contributed by atoms with Gasteiger partial charge in [-0.05, 0) is 25.7 Å². The number of phosphoric acid groups is 4. The van der Waals surface area contributed by atoms with Crippen LogP contribution in [0.2, 0.25) is 0 Å². The number of unbranched alkanes of at least 4 members (excludes halogenated alkanes) is 12. The van der Waals surface area contributed by atoms with Crippen LogP contribution in [0.3, 0.4) is 0 Å². The summed E-state index contributed by atoms with van der Waals surface area (Å²) < 4.78 is 106. The summed E-state index contributed by atoms with van der Waals surface area (Å²) >= 11 is -1.75. The van der Waals surface area contributed by atoms with Crippen molar-refractivity contribution in [2.24, 2.45) is 0 Å². The Bertz CT molecular complexity index is 1030. The fourth-order valence-electron chi connectivity index (χ4n) is 3.66. The molecule has 0 spiro atoms. The number of carboxylic acids is 1. The normalized spacial score (nSPS) is 17.5. The Labute approximate surface area is 304 Å². The first-order chi connectivity index (χ1) is 23.4. The molecule has 0 saturated heterocycles. The number of aliphatic carboxylic acids is 1. The summed E-state index contributed by atoms with van der Waals surface area (Å²) in [6, 6.07) is 0. The van der Waals surface area contributed by atoms with Gasteiger partial charge in [-0.25, -0.2) is 32.1 Å². The van der Waals surface area contributed by atoms with Crippen molar-refractivity contribution in [1.82, 2.24) is 0 Å². The summed E-state index contributed by atoms with van der Waals surface area (Å²) in [5, 5.41) is 20.6. The van der Waals surface area contributed by atoms with E-state index in [2.05, 4.69) is 17.7 Å². The van der Waals surface area contributed by atoms with Crippen molar-refractivity contribution in [1.29, 1.82) is 0 Å². The molecule has 0 radical (unpaired) electrons. The third-order valence-corrected chi connectivity index (χ3v) is 12.4. The molecule has 0 aliphatic rings. The van der Waals surface area contributed by atoms with E-state index in [0.717, 1.165) is 51.4 Å². The molecule has 24 heteroatoms. The van der Waals surface area contributed by atoms with Crippen LogP contribution in [0.4, 0.5) is 0 Å². The molecule has 50 heavy (non-hydrogen) atoms. The average Bonchev–Trinajstić information content (AvgIpc) is 3.00. The molecule has 4 unspecified atom stereocenters. The predicted octanol–water partition coefficient (Wildman–Crippen LogP) is 7.91. The van der Waals surface area contributed by atoms with E-state index in [-0.39, 0.29) is 26.1 Å². The number of hydrogen-bond donors (Lipinski definition) is 5. The molecule has 5 N–H and O–H groups in total. The second kappa shape index (κ2) is 29.7. The van der Waals surface area contributed by atoms with Crippen LogP contribution in [0.1, 0.15) is 130 Å². The van der Waals surface area contributed by atoms with Crippen LogP contribution < -0.4 is 0 Å². The van der Waals surface area contributed by atoms with Crippen molar-refractivity contribution in [2.45, 2.75) is 136 Å². The summed E-state index contributed by atoms with van der Waals surface area (Å²) in [6.07, 6.45) is 9.82. The zero-order valence-corrected chi connectivity index (χ0v) is 34.5. The number of aliphatic hydroxyl groups is 1. The van der Waals surface area contributed by atoms with Crippen LogP contribution in [0.15, 0.2) is 0 Å². The topological polar surface area (TPSA) is 277 Å². The Kier molecular flexibility index (Phi) is 31.2. The average molecular weight is 845 g/mol. The molecule has 4 atom stereocenters. The van der Waals surface area contributed by atoms with E-state index >= 15 is 0 Å². The van der Waals surface area contributed by atoms with Gasteiger partial charge in [0.25, 0.3) is 0 Å². The van der Waals surface area contributed by atoms with Crippen molar-refractivity contribution in [2.75, 3.05) is 26.4 Å². The van der Waals surface area contributed by atoms with E-state index < -0.39 is 76.0 Å². The standard InChI is InChI=1S/C26H56O17P4.H2O.O.Ti/c1-5-9-13-17-21-36-44(30,31)42-46(34,38-23-19-15-11-7-3)40-26(29,25(27)28)41-47(35,39-24-20-16-12-8-4)43-45(32,33)37-22-18-14-10-6-2;;;/h29H,5-24H2,1-4H3,(H,27,28)(H,30,31)(H,32,33);1H2;;/q;;;+1/p-1. The zero-order chi connectivity index (χ0) is 38.6. The van der Waals surface area contributed by atoms with E-state index in [1.54, 1.807) is 0 Å². The molecule has 0 amide bonds. The molecule has 0 aromatic rings. The Morgan fingerprint density at radius 1 is 0.560 bits per heavy atom. The molecule has 0 aromatic heterocycles. The number of carbonyl (C=O) groups is 1. The van der Waals surface area contributed by atoms with Gasteiger partial charge in [0.1, 0.15) is 0 Å². The number of phosphoric ester groups is 4. The summed E-state index contributed by atoms with van der Waals surface area (Å²) in [7, 11) is -21.8. The van der Waals surface area contributed by atoms with Crippen molar-refractivity contribution in [3.8, 4) is 0 Å². The minimum absolute atomic E-state index is 0.205. The Morgan fingerprint density at radius 2 is 0.820 bits per heavy atom. The van der Waals surface area contributed by atoms with Crippen molar-refractivity contribution < 1.29 is 105 Å². The van der Waals surface area contributed by atoms with Crippen LogP contribution in [0, 0.1) is 0 Å². The number of hydrogen-bond acceptors (Lipinski definition) is 15. The van der Waals surface area contributed by atoms with Crippen LogP contribution in [0.25, 0.3) is 0 Å². The van der Waals surface area contributed by atoms with Crippen LogP contribution in [-0.4, -0.2) is 62.1 Å². The molecular weight excluding hydrogens is 788 g/mol. The first-order valence-electron chi connectivity index (χ1n) is 16.7. The Balaban J connectivity index is 0. The first kappa shape index (κ1) is 52.5. The van der Waals surface area contributed by atoms with Gasteiger partial charge in [-0.15, -0.1) is 0 Å². The van der Waals surface area contributed by atoms with Gasteiger partial charge < -0.3 is 20.0 Å². The van der Waals surface area contributed by atoms with Gasteiger partial charge in [-0.2, -0.15) is 8.62 Å². The quantitative estimate of drug-likeness (QED) is 0.0181. The summed E-state index contributed by atoms with van der Waals surface area (Å²) in [5.41, 5.74) is 0. The van der Waals surface area contributed by atoms with Gasteiger partial charge in [-0.3, -0.25) is 18.1 Å². The van der Waals surface area contributed by atoms with E-state index in [4.69, 9.17) is 25.1 Å². The van der Waals surface area contributed by atoms with Gasteiger partial charge in [0.05, 0.1) is 26.4 Å². The Hall–Kier alpha value is 0.424. The molecule has 299 valence electrons. The van der Waals surface area contributed by atoms with Crippen LogP contribution >= 0.6 is 31.3 Å². The molecule has 0 aliphatic heterocycles. The van der Waals surface area contributed by atoms with Crippen LogP contribution in [-0.2, 0) is 81.7 Å². The molecular formula is C26H57O19P4Ti. The molecule has 0 heterocycles. The molecule has 19 nitrogen and oxygen atoms in total. The summed E-state index contributed by atoms with van der Waals surface area (Å²) in [5.74, 6) is -6.84.